The molecule has 0 spiro atoms. The summed E-state index contributed by atoms with van der Waals surface area (Å²) in [4.78, 5) is 22.4. The summed E-state index contributed by atoms with van der Waals surface area (Å²) in [5, 5.41) is 0.854. The van der Waals surface area contributed by atoms with E-state index < -0.39 is 0 Å². The molecule has 0 unspecified atom stereocenters. The van der Waals surface area contributed by atoms with Crippen molar-refractivity contribution in [2.24, 2.45) is 4.99 Å². The Bertz CT molecular complexity index is 458. The van der Waals surface area contributed by atoms with Gasteiger partial charge < -0.3 is 4.90 Å². The summed E-state index contributed by atoms with van der Waals surface area (Å²) in [5.74, 6) is 0.764. The quantitative estimate of drug-likeness (QED) is 0.664. The van der Waals surface area contributed by atoms with Gasteiger partial charge in [0.25, 0.3) is 0 Å². The molecule has 0 saturated carbocycles. The molecule has 0 fully saturated rings. The third-order valence-electron chi connectivity index (χ3n) is 2.46. The standard InChI is InChI=1S/C10H9N3OS/c14-9-7-3-1-4-11-8(7)13-6-2-5-12-10(13)15-9/h1,3-4H,2,5-6H2. The summed E-state index contributed by atoms with van der Waals surface area (Å²) in [6.45, 7) is 1.72. The number of anilines is 1. The molecule has 2 aliphatic rings. The van der Waals surface area contributed by atoms with E-state index >= 15 is 0 Å². The van der Waals surface area contributed by atoms with Crippen molar-refractivity contribution in [2.75, 3.05) is 18.0 Å². The molecule has 0 bridgehead atoms. The van der Waals surface area contributed by atoms with Crippen LogP contribution < -0.4 is 4.90 Å². The van der Waals surface area contributed by atoms with Crippen LogP contribution in [-0.4, -0.2) is 28.4 Å². The molecule has 1 aromatic rings. The molecule has 3 heterocycles. The molecule has 0 radical (unpaired) electrons. The largest absolute Gasteiger partial charge is 0.305 e. The molecule has 2 aliphatic heterocycles. The first-order valence-corrected chi connectivity index (χ1v) is 5.67. The number of pyridine rings is 1. The maximum Gasteiger partial charge on any atom is 0.230 e. The molecule has 0 atom stereocenters. The predicted octanol–water partition coefficient (Wildman–Crippen LogP) is 1.53. The van der Waals surface area contributed by atoms with Crippen molar-refractivity contribution < 1.29 is 4.79 Å². The SMILES string of the molecule is O=C1SC2=NCCCN2c2ncccc21. The fraction of sp³-hybridized carbons (Fsp3) is 0.300. The zero-order chi connectivity index (χ0) is 10.3. The fourth-order valence-electron chi connectivity index (χ4n) is 1.78. The summed E-state index contributed by atoms with van der Waals surface area (Å²) in [6, 6.07) is 3.62. The Balaban J connectivity index is 2.16. The highest BCUT2D eigenvalue weighted by molar-refractivity contribution is 8.27. The number of aromatic nitrogens is 1. The molecule has 0 aromatic carbocycles. The number of aliphatic imine (C=N–C) groups is 1. The first kappa shape index (κ1) is 8.91. The van der Waals surface area contributed by atoms with Crippen LogP contribution in [0.1, 0.15) is 16.8 Å². The second kappa shape index (κ2) is 3.34. The van der Waals surface area contributed by atoms with Crippen LogP contribution in [0.5, 0.6) is 0 Å². The van der Waals surface area contributed by atoms with Crippen LogP contribution in [0.15, 0.2) is 23.3 Å². The van der Waals surface area contributed by atoms with Crippen LogP contribution in [0.3, 0.4) is 0 Å². The first-order valence-electron chi connectivity index (χ1n) is 4.85. The molecule has 1 aromatic heterocycles. The van der Waals surface area contributed by atoms with Crippen molar-refractivity contribution >= 4 is 27.9 Å². The average molecular weight is 219 g/mol. The molecular weight excluding hydrogens is 210 g/mol. The molecule has 76 valence electrons. The average Bonchev–Trinajstić information content (AvgIpc) is 2.30. The highest BCUT2D eigenvalue weighted by Gasteiger charge is 2.31. The van der Waals surface area contributed by atoms with Crippen molar-refractivity contribution in [3.8, 4) is 0 Å². The highest BCUT2D eigenvalue weighted by atomic mass is 32.2. The molecule has 15 heavy (non-hydrogen) atoms. The van der Waals surface area contributed by atoms with Crippen molar-refractivity contribution in [1.29, 1.82) is 0 Å². The van der Waals surface area contributed by atoms with E-state index in [9.17, 15) is 4.79 Å². The van der Waals surface area contributed by atoms with Gasteiger partial charge in [-0.15, -0.1) is 0 Å². The fourth-order valence-corrected chi connectivity index (χ4v) is 2.66. The van der Waals surface area contributed by atoms with E-state index in [1.165, 1.54) is 11.8 Å². The Morgan fingerprint density at radius 1 is 1.47 bits per heavy atom. The maximum atomic E-state index is 11.8. The Hall–Kier alpha value is -1.36. The van der Waals surface area contributed by atoms with E-state index in [2.05, 4.69) is 9.98 Å². The maximum absolute atomic E-state index is 11.8. The van der Waals surface area contributed by atoms with Crippen LogP contribution in [0, 0.1) is 0 Å². The lowest BCUT2D eigenvalue weighted by Crippen LogP contribution is -2.38. The first-order chi connectivity index (χ1) is 7.36. The lowest BCUT2D eigenvalue weighted by atomic mass is 10.2. The Labute approximate surface area is 91.4 Å². The van der Waals surface area contributed by atoms with E-state index in [0.29, 0.717) is 5.56 Å². The molecule has 5 heteroatoms. The summed E-state index contributed by atoms with van der Waals surface area (Å²) < 4.78 is 0. The second-order valence-electron chi connectivity index (χ2n) is 3.43. The number of nitrogens with zero attached hydrogens (tertiary/aromatic N) is 3. The summed E-state index contributed by atoms with van der Waals surface area (Å²) in [5.41, 5.74) is 0.698. The van der Waals surface area contributed by atoms with Gasteiger partial charge in [-0.25, -0.2) is 4.98 Å². The number of carbonyl (C=O) groups excluding carboxylic acids is 1. The van der Waals surface area contributed by atoms with Gasteiger partial charge in [0.15, 0.2) is 5.17 Å². The molecular formula is C10H9N3OS. The number of thioether (sulfide) groups is 1. The normalized spacial score (nSPS) is 19.3. The third kappa shape index (κ3) is 1.34. The Kier molecular flexibility index (Phi) is 1.98. The number of amidine groups is 1. The number of fused-ring (bicyclic) bond motifs is 3. The lowest BCUT2D eigenvalue weighted by molar-refractivity contribution is 0.108. The Morgan fingerprint density at radius 3 is 3.33 bits per heavy atom. The van der Waals surface area contributed by atoms with E-state index in [1.807, 2.05) is 11.0 Å². The van der Waals surface area contributed by atoms with Gasteiger partial charge in [-0.3, -0.25) is 9.79 Å². The topological polar surface area (TPSA) is 45.6 Å². The van der Waals surface area contributed by atoms with Crippen LogP contribution in [-0.2, 0) is 0 Å². The molecule has 0 saturated heterocycles. The van der Waals surface area contributed by atoms with E-state index in [1.54, 1.807) is 12.3 Å². The number of hydrogen-bond acceptors (Lipinski definition) is 5. The lowest BCUT2D eigenvalue weighted by Gasteiger charge is -2.31. The predicted molar refractivity (Wildman–Crippen MR) is 60.4 cm³/mol. The third-order valence-corrected chi connectivity index (χ3v) is 3.40. The van der Waals surface area contributed by atoms with Gasteiger partial charge in [0, 0.05) is 19.3 Å². The number of carbonyl (C=O) groups is 1. The number of rotatable bonds is 0. The molecule has 4 nitrogen and oxygen atoms in total. The van der Waals surface area contributed by atoms with Gasteiger partial charge in [0.1, 0.15) is 5.82 Å². The van der Waals surface area contributed by atoms with Crippen LogP contribution in [0.2, 0.25) is 0 Å². The van der Waals surface area contributed by atoms with E-state index in [0.717, 1.165) is 30.5 Å². The smallest absolute Gasteiger partial charge is 0.230 e. The van der Waals surface area contributed by atoms with Crippen molar-refractivity contribution in [3.63, 3.8) is 0 Å². The molecule has 0 N–H and O–H groups in total. The van der Waals surface area contributed by atoms with Crippen molar-refractivity contribution in [3.05, 3.63) is 23.9 Å². The zero-order valence-corrected chi connectivity index (χ0v) is 8.83. The molecule has 0 aliphatic carbocycles. The van der Waals surface area contributed by atoms with Crippen molar-refractivity contribution in [1.82, 2.24) is 4.98 Å². The monoisotopic (exact) mass is 219 g/mol. The van der Waals surface area contributed by atoms with Gasteiger partial charge in [0.2, 0.25) is 5.12 Å². The minimum absolute atomic E-state index is 0.0509. The van der Waals surface area contributed by atoms with Gasteiger partial charge in [-0.05, 0) is 30.3 Å². The van der Waals surface area contributed by atoms with Gasteiger partial charge in [-0.1, -0.05) is 0 Å². The number of hydrogen-bond donors (Lipinski definition) is 0. The molecule has 3 rings (SSSR count). The summed E-state index contributed by atoms with van der Waals surface area (Å²) in [6.07, 6.45) is 2.74. The van der Waals surface area contributed by atoms with Gasteiger partial charge >= 0.3 is 0 Å². The minimum atomic E-state index is 0.0509. The van der Waals surface area contributed by atoms with Gasteiger partial charge in [0.05, 0.1) is 5.56 Å². The molecule has 0 amide bonds. The van der Waals surface area contributed by atoms with Gasteiger partial charge in [-0.2, -0.15) is 0 Å². The van der Waals surface area contributed by atoms with Crippen LogP contribution in [0.25, 0.3) is 0 Å². The summed E-state index contributed by atoms with van der Waals surface area (Å²) in [7, 11) is 0. The van der Waals surface area contributed by atoms with E-state index in [-0.39, 0.29) is 5.12 Å². The van der Waals surface area contributed by atoms with Crippen molar-refractivity contribution in [2.45, 2.75) is 6.42 Å². The van der Waals surface area contributed by atoms with Crippen LogP contribution in [0.4, 0.5) is 5.82 Å². The second-order valence-corrected chi connectivity index (χ2v) is 4.37. The Morgan fingerprint density at radius 2 is 2.40 bits per heavy atom. The highest BCUT2D eigenvalue weighted by Crippen LogP contribution is 2.32. The zero-order valence-electron chi connectivity index (χ0n) is 8.01. The van der Waals surface area contributed by atoms with E-state index in [4.69, 9.17) is 0 Å². The minimum Gasteiger partial charge on any atom is -0.305 e. The summed E-state index contributed by atoms with van der Waals surface area (Å²) >= 11 is 1.21. The van der Waals surface area contributed by atoms with Crippen LogP contribution >= 0.6 is 11.8 Å².